The van der Waals surface area contributed by atoms with Gasteiger partial charge in [0.1, 0.15) is 11.4 Å². The highest BCUT2D eigenvalue weighted by Gasteiger charge is 2.46. The van der Waals surface area contributed by atoms with Crippen LogP contribution in [0.3, 0.4) is 0 Å². The van der Waals surface area contributed by atoms with E-state index in [1.807, 2.05) is 7.05 Å². The summed E-state index contributed by atoms with van der Waals surface area (Å²) in [5.41, 5.74) is 0.369. The first-order valence-electron chi connectivity index (χ1n) is 11.5. The summed E-state index contributed by atoms with van der Waals surface area (Å²) in [6.07, 6.45) is 2.14. The van der Waals surface area contributed by atoms with E-state index in [2.05, 4.69) is 40.9 Å². The van der Waals surface area contributed by atoms with E-state index in [4.69, 9.17) is 4.99 Å². The Morgan fingerprint density at radius 1 is 1.14 bits per heavy atom. The molecular formula is C25H29F3N4OS2. The number of thioether (sulfide) groups is 1. The summed E-state index contributed by atoms with van der Waals surface area (Å²) in [4.78, 5) is 17.6. The summed E-state index contributed by atoms with van der Waals surface area (Å²) < 4.78 is 40.5. The van der Waals surface area contributed by atoms with Gasteiger partial charge in [-0.3, -0.25) is 14.1 Å². The van der Waals surface area contributed by atoms with Crippen molar-refractivity contribution >= 4 is 41.1 Å². The first-order chi connectivity index (χ1) is 16.6. The second-order valence-electron chi connectivity index (χ2n) is 8.87. The predicted molar refractivity (Wildman–Crippen MR) is 138 cm³/mol. The summed E-state index contributed by atoms with van der Waals surface area (Å²) in [5.74, 6) is 1.15. The highest BCUT2D eigenvalue weighted by Crippen LogP contribution is 2.38. The lowest BCUT2D eigenvalue weighted by Gasteiger charge is -2.34. The zero-order valence-electron chi connectivity index (χ0n) is 20.0. The van der Waals surface area contributed by atoms with E-state index >= 15 is 0 Å². The largest absolute Gasteiger partial charge is 0.446 e. The fourth-order valence-corrected chi connectivity index (χ4v) is 6.22. The van der Waals surface area contributed by atoms with Crippen molar-refractivity contribution < 1.29 is 18.0 Å². The molecule has 1 spiro atoms. The van der Waals surface area contributed by atoms with Crippen LogP contribution in [-0.2, 0) is 11.2 Å². The number of carbonyl (C=O) groups is 1. The number of hydrogen-bond acceptors (Lipinski definition) is 6. The minimum atomic E-state index is -4.36. The lowest BCUT2D eigenvalue weighted by atomic mass is 9.89. The number of nitrogens with zero attached hydrogens (tertiary/aromatic N) is 2. The van der Waals surface area contributed by atoms with Crippen LogP contribution in [0.1, 0.15) is 35.1 Å². The van der Waals surface area contributed by atoms with Crippen molar-refractivity contribution in [1.82, 2.24) is 9.62 Å². The molecule has 2 aromatic carbocycles. The van der Waals surface area contributed by atoms with Gasteiger partial charge in [0.05, 0.1) is 0 Å². The average Bonchev–Trinajstić information content (AvgIpc) is 3.11. The Labute approximate surface area is 212 Å². The van der Waals surface area contributed by atoms with Crippen LogP contribution in [0.2, 0.25) is 0 Å². The number of anilines is 1. The molecule has 2 heterocycles. The monoisotopic (exact) mass is 522 g/mol. The molecular weight excluding hydrogens is 493 g/mol. The van der Waals surface area contributed by atoms with Gasteiger partial charge in [-0.15, -0.1) is 0 Å². The molecule has 4 rings (SSSR count). The molecule has 1 amide bonds. The standard InChI is InChI=1S/C25H29F3N4OS2/c1-16-13-19(29-3)14-17(2)21(16)7-12-34-32-10-8-24(9-11-32)23(33)30-22(31-24)18-5-4-6-20(15-18)35-25(26,27)28/h4-6,13-15,29H,7-12H2,1-3H3,(H,30,31,33). The third-order valence-corrected chi connectivity index (χ3v) is 8.32. The van der Waals surface area contributed by atoms with Crippen LogP contribution in [0.15, 0.2) is 46.3 Å². The molecule has 0 radical (unpaired) electrons. The summed E-state index contributed by atoms with van der Waals surface area (Å²) in [6, 6.07) is 10.4. The second kappa shape index (κ2) is 10.4. The summed E-state index contributed by atoms with van der Waals surface area (Å²) >= 11 is 1.63. The van der Waals surface area contributed by atoms with Gasteiger partial charge in [0.25, 0.3) is 5.91 Å². The normalized spacial score (nSPS) is 18.0. The van der Waals surface area contributed by atoms with Crippen LogP contribution in [0.5, 0.6) is 0 Å². The number of carbonyl (C=O) groups excluding carboxylic acids is 1. The van der Waals surface area contributed by atoms with Crippen molar-refractivity contribution in [1.29, 1.82) is 0 Å². The van der Waals surface area contributed by atoms with Gasteiger partial charge in [0, 0.05) is 42.0 Å². The quantitative estimate of drug-likeness (QED) is 0.368. The second-order valence-corrected chi connectivity index (χ2v) is 11.2. The van der Waals surface area contributed by atoms with Gasteiger partial charge in [-0.1, -0.05) is 24.1 Å². The third-order valence-electron chi connectivity index (χ3n) is 6.48. The minimum absolute atomic E-state index is 0.0742. The summed E-state index contributed by atoms with van der Waals surface area (Å²) in [5, 5.41) is 6.01. The molecule has 2 aliphatic heterocycles. The molecule has 0 atom stereocenters. The Morgan fingerprint density at radius 3 is 2.46 bits per heavy atom. The lowest BCUT2D eigenvalue weighted by Crippen LogP contribution is -2.47. The molecule has 2 aliphatic rings. The first kappa shape index (κ1) is 25.9. The van der Waals surface area contributed by atoms with E-state index in [1.54, 1.807) is 24.1 Å². The van der Waals surface area contributed by atoms with E-state index in [1.165, 1.54) is 28.8 Å². The van der Waals surface area contributed by atoms with Crippen LogP contribution in [0.25, 0.3) is 0 Å². The van der Waals surface area contributed by atoms with Gasteiger partial charge in [0.15, 0.2) is 0 Å². The van der Waals surface area contributed by atoms with Gasteiger partial charge in [0.2, 0.25) is 0 Å². The number of halogens is 3. The zero-order chi connectivity index (χ0) is 25.2. The molecule has 2 N–H and O–H groups in total. The van der Waals surface area contributed by atoms with Crippen molar-refractivity contribution in [2.45, 2.75) is 49.1 Å². The van der Waals surface area contributed by atoms with Crippen molar-refractivity contribution in [3.63, 3.8) is 0 Å². The number of aryl methyl sites for hydroxylation is 2. The number of aliphatic imine (C=N–C) groups is 1. The maximum atomic E-state index is 12.8. The average molecular weight is 523 g/mol. The van der Waals surface area contributed by atoms with Crippen molar-refractivity contribution in [3.8, 4) is 0 Å². The van der Waals surface area contributed by atoms with Gasteiger partial charge in [-0.25, -0.2) is 0 Å². The fraction of sp³-hybridized carbons (Fsp3) is 0.440. The molecule has 0 aromatic heterocycles. The Hall–Kier alpha value is -2.17. The zero-order valence-corrected chi connectivity index (χ0v) is 21.6. The van der Waals surface area contributed by atoms with Crippen LogP contribution in [0.4, 0.5) is 18.9 Å². The molecule has 1 fully saturated rings. The summed E-state index contributed by atoms with van der Waals surface area (Å²) in [7, 11) is 1.93. The minimum Gasteiger partial charge on any atom is -0.388 e. The first-order valence-corrected chi connectivity index (χ1v) is 13.3. The van der Waals surface area contributed by atoms with Gasteiger partial charge >= 0.3 is 5.51 Å². The molecule has 0 unspecified atom stereocenters. The van der Waals surface area contributed by atoms with Gasteiger partial charge < -0.3 is 10.6 Å². The van der Waals surface area contributed by atoms with Gasteiger partial charge in [-0.05, 0) is 85.8 Å². The van der Waals surface area contributed by atoms with Crippen molar-refractivity contribution in [3.05, 3.63) is 58.7 Å². The van der Waals surface area contributed by atoms with Crippen LogP contribution >= 0.6 is 23.7 Å². The number of hydrogen-bond donors (Lipinski definition) is 2. The van der Waals surface area contributed by atoms with E-state index in [9.17, 15) is 18.0 Å². The lowest BCUT2D eigenvalue weighted by molar-refractivity contribution is -0.124. The topological polar surface area (TPSA) is 56.7 Å². The van der Waals surface area contributed by atoms with Crippen LogP contribution < -0.4 is 10.6 Å². The molecule has 10 heteroatoms. The van der Waals surface area contributed by atoms with E-state index in [-0.39, 0.29) is 22.6 Å². The fourth-order valence-electron chi connectivity index (χ4n) is 4.63. The molecule has 0 aliphatic carbocycles. The smallest absolute Gasteiger partial charge is 0.388 e. The molecule has 0 saturated carbocycles. The van der Waals surface area contributed by atoms with E-state index in [0.29, 0.717) is 24.2 Å². The van der Waals surface area contributed by atoms with Gasteiger partial charge in [-0.2, -0.15) is 13.2 Å². The highest BCUT2D eigenvalue weighted by atomic mass is 32.2. The SMILES string of the molecule is CNc1cc(C)c(CCSN2CCC3(CC2)N=C(c2cccc(SC(F)(F)F)c2)NC3=O)c(C)c1. The van der Waals surface area contributed by atoms with E-state index in [0.717, 1.165) is 31.0 Å². The Balaban J connectivity index is 1.35. The van der Waals surface area contributed by atoms with Crippen LogP contribution in [-0.4, -0.2) is 53.0 Å². The Morgan fingerprint density at radius 2 is 1.83 bits per heavy atom. The highest BCUT2D eigenvalue weighted by molar-refractivity contribution is 8.00. The molecule has 1 saturated heterocycles. The van der Waals surface area contributed by atoms with Crippen molar-refractivity contribution in [2.24, 2.45) is 4.99 Å². The van der Waals surface area contributed by atoms with Crippen molar-refractivity contribution in [2.75, 3.05) is 31.2 Å². The summed E-state index contributed by atoms with van der Waals surface area (Å²) in [6.45, 7) is 5.75. The number of amides is 1. The number of piperidine rings is 1. The Bertz CT molecular complexity index is 1100. The number of amidine groups is 1. The number of alkyl halides is 3. The predicted octanol–water partition coefficient (Wildman–Crippen LogP) is 5.56. The number of rotatable bonds is 7. The van der Waals surface area contributed by atoms with Crippen LogP contribution in [0, 0.1) is 13.8 Å². The molecule has 188 valence electrons. The third kappa shape index (κ3) is 6.16. The molecule has 0 bridgehead atoms. The Kier molecular flexibility index (Phi) is 7.73. The maximum absolute atomic E-state index is 12.8. The molecule has 5 nitrogen and oxygen atoms in total. The van der Waals surface area contributed by atoms with E-state index < -0.39 is 11.0 Å². The molecule has 35 heavy (non-hydrogen) atoms. The number of nitrogens with one attached hydrogen (secondary N) is 2. The maximum Gasteiger partial charge on any atom is 0.446 e. The number of benzene rings is 2. The molecule has 2 aromatic rings.